The van der Waals surface area contributed by atoms with Crippen LogP contribution in [0.1, 0.15) is 30.6 Å². The monoisotopic (exact) mass is 285 g/mol. The van der Waals surface area contributed by atoms with Crippen molar-refractivity contribution in [2.75, 3.05) is 19.8 Å². The summed E-state index contributed by atoms with van der Waals surface area (Å²) >= 11 is 7.77. The minimum Gasteiger partial charge on any atom is -0.381 e. The smallest absolute Gasteiger partial charge is 0.0931 e. The van der Waals surface area contributed by atoms with Gasteiger partial charge in [0.25, 0.3) is 0 Å². The molecule has 1 saturated heterocycles. The van der Waals surface area contributed by atoms with Gasteiger partial charge in [0.1, 0.15) is 0 Å². The fourth-order valence-corrected chi connectivity index (χ4v) is 3.95. The molecule has 0 aromatic carbocycles. The van der Waals surface area contributed by atoms with Gasteiger partial charge in [-0.3, -0.25) is 0 Å². The Kier molecular flexibility index (Phi) is 3.94. The summed E-state index contributed by atoms with van der Waals surface area (Å²) < 4.78 is 6.44. The molecule has 2 nitrogen and oxygen atoms in total. The maximum atomic E-state index is 6.04. The Labute approximate surface area is 118 Å². The van der Waals surface area contributed by atoms with Gasteiger partial charge in [-0.1, -0.05) is 11.6 Å². The second-order valence-electron chi connectivity index (χ2n) is 5.65. The standard InChI is InChI=1S/C14H20ClNOS/c15-13-4-3-12(18-13)9-14(5-7-17-8-6-14)10-16-11-1-2-11/h3-4,11,16H,1-2,5-10H2. The van der Waals surface area contributed by atoms with E-state index >= 15 is 0 Å². The van der Waals surface area contributed by atoms with Crippen molar-refractivity contribution in [1.82, 2.24) is 5.32 Å². The van der Waals surface area contributed by atoms with Gasteiger partial charge in [0.2, 0.25) is 0 Å². The highest BCUT2D eigenvalue weighted by atomic mass is 35.5. The van der Waals surface area contributed by atoms with Gasteiger partial charge >= 0.3 is 0 Å². The molecule has 1 aliphatic heterocycles. The number of hydrogen-bond donors (Lipinski definition) is 1. The molecule has 2 aliphatic rings. The van der Waals surface area contributed by atoms with E-state index < -0.39 is 0 Å². The van der Waals surface area contributed by atoms with Crippen molar-refractivity contribution in [3.05, 3.63) is 21.3 Å². The molecule has 1 N–H and O–H groups in total. The van der Waals surface area contributed by atoms with E-state index in [1.54, 1.807) is 11.3 Å². The largest absolute Gasteiger partial charge is 0.381 e. The third-order valence-corrected chi connectivity index (χ3v) is 5.31. The van der Waals surface area contributed by atoms with Gasteiger partial charge in [-0.25, -0.2) is 0 Å². The lowest BCUT2D eigenvalue weighted by molar-refractivity contribution is 0.0151. The maximum Gasteiger partial charge on any atom is 0.0931 e. The Balaban J connectivity index is 1.66. The van der Waals surface area contributed by atoms with Crippen molar-refractivity contribution in [3.8, 4) is 0 Å². The van der Waals surface area contributed by atoms with E-state index in [1.165, 1.54) is 30.6 Å². The number of thiophene rings is 1. The second-order valence-corrected chi connectivity index (χ2v) is 7.45. The number of nitrogens with one attached hydrogen (secondary N) is 1. The van der Waals surface area contributed by atoms with Crippen LogP contribution < -0.4 is 5.32 Å². The van der Waals surface area contributed by atoms with E-state index in [-0.39, 0.29) is 0 Å². The van der Waals surface area contributed by atoms with Crippen LogP contribution in [0.3, 0.4) is 0 Å². The third-order valence-electron chi connectivity index (χ3n) is 4.07. The molecule has 0 bridgehead atoms. The van der Waals surface area contributed by atoms with Crippen molar-refractivity contribution >= 4 is 22.9 Å². The molecule has 0 amide bonds. The topological polar surface area (TPSA) is 21.3 Å². The Morgan fingerprint density at radius 1 is 1.33 bits per heavy atom. The molecule has 3 rings (SSSR count). The SMILES string of the molecule is Clc1ccc(CC2(CNC3CC3)CCOCC2)s1. The van der Waals surface area contributed by atoms with Crippen molar-refractivity contribution < 1.29 is 4.74 Å². The Hall–Kier alpha value is -0.0900. The van der Waals surface area contributed by atoms with Crippen LogP contribution >= 0.6 is 22.9 Å². The molecule has 1 aromatic rings. The lowest BCUT2D eigenvalue weighted by atomic mass is 9.76. The molecule has 18 heavy (non-hydrogen) atoms. The van der Waals surface area contributed by atoms with Gasteiger partial charge in [0.15, 0.2) is 0 Å². The van der Waals surface area contributed by atoms with E-state index in [0.29, 0.717) is 5.41 Å². The summed E-state index contributed by atoms with van der Waals surface area (Å²) in [5, 5.41) is 3.71. The van der Waals surface area contributed by atoms with Crippen LogP contribution in [-0.4, -0.2) is 25.8 Å². The lowest BCUT2D eigenvalue weighted by Gasteiger charge is -2.37. The van der Waals surface area contributed by atoms with Gasteiger partial charge in [-0.15, -0.1) is 11.3 Å². The molecule has 2 heterocycles. The van der Waals surface area contributed by atoms with Crippen LogP contribution in [0.5, 0.6) is 0 Å². The number of ether oxygens (including phenoxy) is 1. The first-order valence-corrected chi connectivity index (χ1v) is 8.01. The Morgan fingerprint density at radius 3 is 2.72 bits per heavy atom. The molecule has 1 saturated carbocycles. The molecule has 0 atom stereocenters. The second kappa shape index (κ2) is 5.49. The van der Waals surface area contributed by atoms with E-state index in [1.807, 2.05) is 6.07 Å². The predicted molar refractivity (Wildman–Crippen MR) is 76.5 cm³/mol. The molecule has 2 fully saturated rings. The van der Waals surface area contributed by atoms with Crippen molar-refractivity contribution in [1.29, 1.82) is 0 Å². The average molecular weight is 286 g/mol. The molecular weight excluding hydrogens is 266 g/mol. The van der Waals surface area contributed by atoms with Crippen LogP contribution in [0.4, 0.5) is 0 Å². The first-order chi connectivity index (χ1) is 8.76. The maximum absolute atomic E-state index is 6.04. The molecule has 100 valence electrons. The zero-order chi connectivity index (χ0) is 12.4. The van der Waals surface area contributed by atoms with Crippen LogP contribution in [0, 0.1) is 5.41 Å². The minimum atomic E-state index is 0.384. The molecule has 0 spiro atoms. The van der Waals surface area contributed by atoms with E-state index in [2.05, 4.69) is 11.4 Å². The van der Waals surface area contributed by atoms with Crippen LogP contribution in [0.2, 0.25) is 4.34 Å². The molecule has 1 aromatic heterocycles. The minimum absolute atomic E-state index is 0.384. The Morgan fingerprint density at radius 2 is 2.11 bits per heavy atom. The van der Waals surface area contributed by atoms with Crippen molar-refractivity contribution in [3.63, 3.8) is 0 Å². The number of rotatable bonds is 5. The van der Waals surface area contributed by atoms with Gasteiger partial charge < -0.3 is 10.1 Å². The first-order valence-electron chi connectivity index (χ1n) is 6.81. The number of hydrogen-bond acceptors (Lipinski definition) is 3. The number of halogens is 1. The molecule has 1 aliphatic carbocycles. The highest BCUT2D eigenvalue weighted by molar-refractivity contribution is 7.16. The first kappa shape index (κ1) is 12.9. The summed E-state index contributed by atoms with van der Waals surface area (Å²) in [6, 6.07) is 4.99. The fraction of sp³-hybridized carbons (Fsp3) is 0.714. The quantitative estimate of drug-likeness (QED) is 0.894. The molecule has 0 radical (unpaired) electrons. The van der Waals surface area contributed by atoms with Crippen LogP contribution in [0.25, 0.3) is 0 Å². The van der Waals surface area contributed by atoms with E-state index in [0.717, 1.165) is 36.6 Å². The third kappa shape index (κ3) is 3.27. The molecule has 4 heteroatoms. The van der Waals surface area contributed by atoms with Crippen molar-refractivity contribution in [2.24, 2.45) is 5.41 Å². The van der Waals surface area contributed by atoms with E-state index in [9.17, 15) is 0 Å². The summed E-state index contributed by atoms with van der Waals surface area (Å²) in [4.78, 5) is 1.42. The highest BCUT2D eigenvalue weighted by Crippen LogP contribution is 2.37. The van der Waals surface area contributed by atoms with Gasteiger partial charge in [-0.2, -0.15) is 0 Å². The lowest BCUT2D eigenvalue weighted by Crippen LogP contribution is -2.41. The normalized spacial score (nSPS) is 23.2. The van der Waals surface area contributed by atoms with Gasteiger partial charge in [0.05, 0.1) is 4.34 Å². The van der Waals surface area contributed by atoms with Crippen LogP contribution in [-0.2, 0) is 11.2 Å². The van der Waals surface area contributed by atoms with Crippen molar-refractivity contribution in [2.45, 2.75) is 38.1 Å². The average Bonchev–Trinajstić information content (AvgIpc) is 3.12. The molecule has 0 unspecified atom stereocenters. The zero-order valence-corrected chi connectivity index (χ0v) is 12.2. The summed E-state index contributed by atoms with van der Waals surface area (Å²) in [6.45, 7) is 2.95. The van der Waals surface area contributed by atoms with E-state index in [4.69, 9.17) is 16.3 Å². The summed E-state index contributed by atoms with van der Waals surface area (Å²) in [6.07, 6.45) is 6.20. The predicted octanol–water partition coefficient (Wildman–Crippen LogP) is 3.49. The summed E-state index contributed by atoms with van der Waals surface area (Å²) in [5.41, 5.74) is 0.384. The van der Waals surface area contributed by atoms with Gasteiger partial charge in [0, 0.05) is 30.7 Å². The fourth-order valence-electron chi connectivity index (χ4n) is 2.69. The van der Waals surface area contributed by atoms with Crippen LogP contribution in [0.15, 0.2) is 12.1 Å². The molecular formula is C14H20ClNOS. The summed E-state index contributed by atoms with van der Waals surface area (Å²) in [5.74, 6) is 0. The zero-order valence-electron chi connectivity index (χ0n) is 10.6. The Bertz CT molecular complexity index is 396. The van der Waals surface area contributed by atoms with Gasteiger partial charge in [-0.05, 0) is 49.7 Å². The highest BCUT2D eigenvalue weighted by Gasteiger charge is 2.35. The summed E-state index contributed by atoms with van der Waals surface area (Å²) in [7, 11) is 0.